The molecule has 3 aromatic rings. The van der Waals surface area contributed by atoms with Gasteiger partial charge in [0.2, 0.25) is 5.91 Å². The molecule has 0 aromatic heterocycles. The van der Waals surface area contributed by atoms with E-state index in [0.717, 1.165) is 16.1 Å². The second kappa shape index (κ2) is 8.44. The van der Waals surface area contributed by atoms with Crippen LogP contribution < -0.4 is 10.7 Å². The van der Waals surface area contributed by atoms with Gasteiger partial charge in [0.1, 0.15) is 5.54 Å². The number of hydrogen-bond acceptors (Lipinski definition) is 3. The lowest BCUT2D eigenvalue weighted by Crippen LogP contribution is -2.48. The molecule has 0 unspecified atom stereocenters. The van der Waals surface area contributed by atoms with Crippen LogP contribution in [0.25, 0.3) is 0 Å². The Labute approximate surface area is 180 Å². The van der Waals surface area contributed by atoms with Gasteiger partial charge in [-0.3, -0.25) is 15.0 Å². The van der Waals surface area contributed by atoms with E-state index >= 15 is 0 Å². The molecule has 4 rings (SSSR count). The molecule has 0 bridgehead atoms. The van der Waals surface area contributed by atoms with Crippen LogP contribution in [0.15, 0.2) is 91.0 Å². The van der Waals surface area contributed by atoms with Gasteiger partial charge in [0, 0.05) is 12.3 Å². The molecule has 1 fully saturated rings. The zero-order valence-electron chi connectivity index (χ0n) is 17.1. The molecule has 156 valence electrons. The first-order valence-corrected chi connectivity index (χ1v) is 10.1. The van der Waals surface area contributed by atoms with Gasteiger partial charge >= 0.3 is 6.03 Å². The summed E-state index contributed by atoms with van der Waals surface area (Å²) >= 11 is 0. The summed E-state index contributed by atoms with van der Waals surface area (Å²) < 4.78 is 0. The first kappa shape index (κ1) is 20.3. The van der Waals surface area contributed by atoms with Crippen LogP contribution in [0.1, 0.15) is 36.0 Å². The number of nitrogens with zero attached hydrogens (tertiary/aromatic N) is 1. The summed E-state index contributed by atoms with van der Waals surface area (Å²) in [4.78, 5) is 38.5. The van der Waals surface area contributed by atoms with E-state index in [1.165, 1.54) is 0 Å². The molecule has 0 spiro atoms. The summed E-state index contributed by atoms with van der Waals surface area (Å²) in [6.45, 7) is 1.63. The predicted molar refractivity (Wildman–Crippen MR) is 117 cm³/mol. The third-order valence-corrected chi connectivity index (χ3v) is 5.57. The molecule has 0 radical (unpaired) electrons. The molecule has 1 heterocycles. The summed E-state index contributed by atoms with van der Waals surface area (Å²) in [6, 6.07) is 27.7. The second-order valence-corrected chi connectivity index (χ2v) is 7.67. The fourth-order valence-corrected chi connectivity index (χ4v) is 3.86. The summed E-state index contributed by atoms with van der Waals surface area (Å²) in [5.41, 5.74) is 3.89. The third kappa shape index (κ3) is 4.05. The van der Waals surface area contributed by atoms with Crippen molar-refractivity contribution >= 4 is 17.8 Å². The maximum Gasteiger partial charge on any atom is 0.344 e. The van der Waals surface area contributed by atoms with Gasteiger partial charge in [-0.05, 0) is 23.6 Å². The van der Waals surface area contributed by atoms with E-state index in [1.807, 2.05) is 66.7 Å². The number of carbonyl (C=O) groups is 3. The molecule has 1 saturated heterocycles. The Bertz CT molecular complexity index is 1050. The fraction of sp³-hybridized carbons (Fsp3) is 0.160. The number of benzene rings is 3. The second-order valence-electron chi connectivity index (χ2n) is 7.67. The number of carbonyl (C=O) groups excluding carboxylic acids is 3. The van der Waals surface area contributed by atoms with Crippen molar-refractivity contribution in [3.63, 3.8) is 0 Å². The van der Waals surface area contributed by atoms with Crippen molar-refractivity contribution in [1.29, 1.82) is 0 Å². The quantitative estimate of drug-likeness (QED) is 0.605. The van der Waals surface area contributed by atoms with Crippen LogP contribution >= 0.6 is 0 Å². The molecular weight excluding hydrogens is 390 g/mol. The highest BCUT2D eigenvalue weighted by molar-refractivity contribution is 6.08. The lowest BCUT2D eigenvalue weighted by molar-refractivity contribution is -0.139. The van der Waals surface area contributed by atoms with E-state index in [4.69, 9.17) is 0 Å². The molecule has 1 atom stereocenters. The minimum Gasteiger partial charge on any atom is -0.318 e. The number of amides is 4. The Morgan fingerprint density at radius 1 is 0.871 bits per heavy atom. The average molecular weight is 413 g/mol. The summed E-state index contributed by atoms with van der Waals surface area (Å²) in [5.74, 6) is -1.14. The Balaban J connectivity index is 1.53. The van der Waals surface area contributed by atoms with E-state index < -0.39 is 23.4 Å². The number of urea groups is 1. The summed E-state index contributed by atoms with van der Waals surface area (Å²) in [6.07, 6.45) is 0.0904. The number of imide groups is 1. The molecule has 0 aliphatic carbocycles. The van der Waals surface area contributed by atoms with Crippen molar-refractivity contribution in [3.05, 3.63) is 108 Å². The molecule has 6 heteroatoms. The van der Waals surface area contributed by atoms with Gasteiger partial charge < -0.3 is 5.32 Å². The number of rotatable bonds is 6. The van der Waals surface area contributed by atoms with Gasteiger partial charge in [-0.2, -0.15) is 5.01 Å². The predicted octanol–water partition coefficient (Wildman–Crippen LogP) is 3.71. The van der Waals surface area contributed by atoms with Gasteiger partial charge in [0.15, 0.2) is 0 Å². The lowest BCUT2D eigenvalue weighted by Gasteiger charge is -2.23. The monoisotopic (exact) mass is 413 g/mol. The minimum absolute atomic E-state index is 0.0904. The number of hydrazine groups is 1. The van der Waals surface area contributed by atoms with Crippen molar-refractivity contribution in [2.75, 3.05) is 0 Å². The average Bonchev–Trinajstić information content (AvgIpc) is 3.03. The molecule has 4 amide bonds. The van der Waals surface area contributed by atoms with Gasteiger partial charge in [-0.1, -0.05) is 91.0 Å². The summed E-state index contributed by atoms with van der Waals surface area (Å²) in [5, 5.41) is 3.47. The molecule has 0 saturated carbocycles. The number of nitrogens with one attached hydrogen (secondary N) is 2. The molecule has 1 aliphatic heterocycles. The van der Waals surface area contributed by atoms with Crippen molar-refractivity contribution in [2.45, 2.75) is 24.8 Å². The van der Waals surface area contributed by atoms with Crippen LogP contribution in [0, 0.1) is 0 Å². The zero-order valence-corrected chi connectivity index (χ0v) is 17.1. The first-order chi connectivity index (χ1) is 15.0. The minimum atomic E-state index is -1.23. The van der Waals surface area contributed by atoms with E-state index in [9.17, 15) is 14.4 Å². The van der Waals surface area contributed by atoms with E-state index in [1.54, 1.807) is 31.2 Å². The van der Waals surface area contributed by atoms with Gasteiger partial charge in [-0.25, -0.2) is 4.79 Å². The van der Waals surface area contributed by atoms with Gasteiger partial charge in [-0.15, -0.1) is 0 Å². The SMILES string of the molecule is C[C@]1(c2ccccc2)NC(=O)N(NC(=O)CC(c2ccccc2)c2ccccc2)C1=O. The zero-order chi connectivity index (χ0) is 21.8. The maximum absolute atomic E-state index is 13.0. The van der Waals surface area contributed by atoms with E-state index in [2.05, 4.69) is 10.7 Å². The highest BCUT2D eigenvalue weighted by atomic mass is 16.2. The molecule has 3 aromatic carbocycles. The Hall–Kier alpha value is -3.93. The molecule has 1 aliphatic rings. The normalized spacial score (nSPS) is 18.2. The standard InChI is InChI=1S/C25H23N3O3/c1-25(20-15-9-4-10-16-20)23(30)28(24(31)26-25)27-22(29)17-21(18-11-5-2-6-12-18)19-13-7-3-8-14-19/h2-16,21H,17H2,1H3,(H,26,31)(H,27,29)/t25-/m1/s1. The molecule has 6 nitrogen and oxygen atoms in total. The van der Waals surface area contributed by atoms with Crippen LogP contribution in [0.4, 0.5) is 4.79 Å². The Morgan fingerprint density at radius 2 is 1.35 bits per heavy atom. The fourth-order valence-electron chi connectivity index (χ4n) is 3.86. The van der Waals surface area contributed by atoms with Gasteiger partial charge in [0.25, 0.3) is 5.91 Å². The van der Waals surface area contributed by atoms with E-state index in [0.29, 0.717) is 5.56 Å². The maximum atomic E-state index is 13.0. The smallest absolute Gasteiger partial charge is 0.318 e. The molecule has 2 N–H and O–H groups in total. The first-order valence-electron chi connectivity index (χ1n) is 10.1. The van der Waals surface area contributed by atoms with E-state index in [-0.39, 0.29) is 12.3 Å². The lowest BCUT2D eigenvalue weighted by atomic mass is 9.88. The third-order valence-electron chi connectivity index (χ3n) is 5.57. The number of hydrogen-bond donors (Lipinski definition) is 2. The highest BCUT2D eigenvalue weighted by Crippen LogP contribution is 2.30. The largest absolute Gasteiger partial charge is 0.344 e. The molecular formula is C25H23N3O3. The van der Waals surface area contributed by atoms with Crippen LogP contribution in [-0.2, 0) is 15.1 Å². The topological polar surface area (TPSA) is 78.5 Å². The van der Waals surface area contributed by atoms with Crippen molar-refractivity contribution in [1.82, 2.24) is 15.8 Å². The summed E-state index contributed by atoms with van der Waals surface area (Å²) in [7, 11) is 0. The van der Waals surface area contributed by atoms with Crippen LogP contribution in [-0.4, -0.2) is 22.9 Å². The van der Waals surface area contributed by atoms with Crippen LogP contribution in [0.3, 0.4) is 0 Å². The molecule has 31 heavy (non-hydrogen) atoms. The van der Waals surface area contributed by atoms with Crippen molar-refractivity contribution < 1.29 is 14.4 Å². The Kier molecular flexibility index (Phi) is 5.54. The highest BCUT2D eigenvalue weighted by Gasteiger charge is 2.50. The van der Waals surface area contributed by atoms with Crippen LogP contribution in [0.5, 0.6) is 0 Å². The van der Waals surface area contributed by atoms with Crippen molar-refractivity contribution in [2.24, 2.45) is 0 Å². The van der Waals surface area contributed by atoms with Crippen molar-refractivity contribution in [3.8, 4) is 0 Å². The van der Waals surface area contributed by atoms with Crippen LogP contribution in [0.2, 0.25) is 0 Å². The van der Waals surface area contributed by atoms with Gasteiger partial charge in [0.05, 0.1) is 0 Å². The Morgan fingerprint density at radius 3 is 1.87 bits per heavy atom.